The lowest BCUT2D eigenvalue weighted by Gasteiger charge is -2.05. The molecule has 0 bridgehead atoms. The van der Waals surface area contributed by atoms with E-state index in [0.29, 0.717) is 5.69 Å². The second-order valence-electron chi connectivity index (χ2n) is 4.06. The number of aromatic carboxylic acids is 1. The van der Waals surface area contributed by atoms with Crippen molar-refractivity contribution in [2.75, 3.05) is 5.73 Å². The number of carboxylic acids is 1. The molecular weight excluding hydrogens is 314 g/mol. The Morgan fingerprint density at radius 1 is 1.39 bits per heavy atom. The molecule has 18 heavy (non-hydrogen) atoms. The standard InChI is InChI=1S/C13H12BrNO2S/c1-6-3-4-8(14)5-9(6)11-7(2)10(15)12(18-11)13(16)17/h3-5H,15H2,1-2H3,(H,16,17). The highest BCUT2D eigenvalue weighted by atomic mass is 79.9. The third-order valence-corrected chi connectivity index (χ3v) is 4.65. The van der Waals surface area contributed by atoms with Crippen molar-refractivity contribution in [1.82, 2.24) is 0 Å². The molecule has 0 radical (unpaired) electrons. The summed E-state index contributed by atoms with van der Waals surface area (Å²) in [5, 5.41) is 9.10. The van der Waals surface area contributed by atoms with Crippen LogP contribution in [0.3, 0.4) is 0 Å². The van der Waals surface area contributed by atoms with Gasteiger partial charge in [0, 0.05) is 9.35 Å². The highest BCUT2D eigenvalue weighted by Crippen LogP contribution is 2.40. The van der Waals surface area contributed by atoms with Gasteiger partial charge in [0.25, 0.3) is 0 Å². The Morgan fingerprint density at radius 2 is 2.06 bits per heavy atom. The average Bonchev–Trinajstić information content (AvgIpc) is 2.60. The van der Waals surface area contributed by atoms with Gasteiger partial charge in [-0.1, -0.05) is 22.0 Å². The van der Waals surface area contributed by atoms with Gasteiger partial charge in [-0.3, -0.25) is 0 Å². The maximum absolute atomic E-state index is 11.1. The fourth-order valence-corrected chi connectivity index (χ4v) is 3.29. The second-order valence-corrected chi connectivity index (χ2v) is 6.00. The van der Waals surface area contributed by atoms with E-state index in [9.17, 15) is 4.79 Å². The molecule has 0 aliphatic heterocycles. The maximum atomic E-state index is 11.1. The number of aryl methyl sites for hydroxylation is 1. The van der Waals surface area contributed by atoms with Crippen LogP contribution >= 0.6 is 27.3 Å². The van der Waals surface area contributed by atoms with Crippen LogP contribution in [0.25, 0.3) is 10.4 Å². The summed E-state index contributed by atoms with van der Waals surface area (Å²) in [6.07, 6.45) is 0. The number of nitrogen functional groups attached to an aromatic ring is 1. The summed E-state index contributed by atoms with van der Waals surface area (Å²) in [5.41, 5.74) is 9.16. The van der Waals surface area contributed by atoms with Crippen LogP contribution in [0.4, 0.5) is 5.69 Å². The zero-order chi connectivity index (χ0) is 13.4. The number of carbonyl (C=O) groups is 1. The number of benzene rings is 1. The number of carboxylic acid groups (broad SMARTS) is 1. The van der Waals surface area contributed by atoms with Crippen LogP contribution in [-0.2, 0) is 0 Å². The van der Waals surface area contributed by atoms with Crippen LogP contribution < -0.4 is 5.73 Å². The van der Waals surface area contributed by atoms with Crippen molar-refractivity contribution in [2.45, 2.75) is 13.8 Å². The van der Waals surface area contributed by atoms with E-state index in [4.69, 9.17) is 10.8 Å². The Bertz CT molecular complexity index is 634. The summed E-state index contributed by atoms with van der Waals surface area (Å²) in [5.74, 6) is -0.973. The van der Waals surface area contributed by atoms with Gasteiger partial charge in [-0.2, -0.15) is 0 Å². The molecule has 3 nitrogen and oxygen atoms in total. The number of rotatable bonds is 2. The number of anilines is 1. The fourth-order valence-electron chi connectivity index (χ4n) is 1.78. The predicted molar refractivity (Wildman–Crippen MR) is 78.3 cm³/mol. The molecule has 0 aliphatic carbocycles. The highest BCUT2D eigenvalue weighted by molar-refractivity contribution is 9.10. The molecule has 2 aromatic rings. The maximum Gasteiger partial charge on any atom is 0.348 e. The van der Waals surface area contributed by atoms with Crippen LogP contribution in [0, 0.1) is 13.8 Å². The predicted octanol–water partition coefficient (Wildman–Crippen LogP) is 4.07. The molecule has 2 rings (SSSR count). The molecular formula is C13H12BrNO2S. The van der Waals surface area contributed by atoms with Gasteiger partial charge in [-0.25, -0.2) is 4.79 Å². The first kappa shape index (κ1) is 13.1. The quantitative estimate of drug-likeness (QED) is 0.874. The third kappa shape index (κ3) is 2.15. The molecule has 94 valence electrons. The lowest BCUT2D eigenvalue weighted by atomic mass is 10.0. The minimum atomic E-state index is -0.973. The third-order valence-electron chi connectivity index (χ3n) is 2.83. The van der Waals surface area contributed by atoms with Crippen LogP contribution in [0.2, 0.25) is 0 Å². The normalized spacial score (nSPS) is 10.6. The second kappa shape index (κ2) is 4.74. The Hall–Kier alpha value is -1.33. The zero-order valence-corrected chi connectivity index (χ0v) is 12.4. The smallest absolute Gasteiger partial charge is 0.348 e. The minimum absolute atomic E-state index is 0.210. The molecule has 1 aromatic carbocycles. The van der Waals surface area contributed by atoms with Crippen LogP contribution in [-0.4, -0.2) is 11.1 Å². The summed E-state index contributed by atoms with van der Waals surface area (Å²) < 4.78 is 0.964. The van der Waals surface area contributed by atoms with Crippen LogP contribution in [0.15, 0.2) is 22.7 Å². The van der Waals surface area contributed by atoms with Gasteiger partial charge in [0.15, 0.2) is 0 Å². The zero-order valence-electron chi connectivity index (χ0n) is 9.95. The van der Waals surface area contributed by atoms with Crippen molar-refractivity contribution in [3.63, 3.8) is 0 Å². The van der Waals surface area contributed by atoms with E-state index in [2.05, 4.69) is 15.9 Å². The minimum Gasteiger partial charge on any atom is -0.477 e. The summed E-state index contributed by atoms with van der Waals surface area (Å²) in [4.78, 5) is 12.2. The molecule has 1 aromatic heterocycles. The van der Waals surface area contributed by atoms with Crippen molar-refractivity contribution >= 4 is 38.9 Å². The molecule has 3 N–H and O–H groups in total. The SMILES string of the molecule is Cc1ccc(Br)cc1-c1sc(C(=O)O)c(N)c1C. The molecule has 0 unspecified atom stereocenters. The summed E-state index contributed by atoms with van der Waals surface area (Å²) in [6, 6.07) is 5.94. The number of halogens is 1. The average molecular weight is 326 g/mol. The van der Waals surface area contributed by atoms with Crippen molar-refractivity contribution in [2.24, 2.45) is 0 Å². The van der Waals surface area contributed by atoms with Crippen molar-refractivity contribution in [3.8, 4) is 10.4 Å². The molecule has 0 atom stereocenters. The summed E-state index contributed by atoms with van der Waals surface area (Å²) >= 11 is 4.65. The number of nitrogens with two attached hydrogens (primary N) is 1. The van der Waals surface area contributed by atoms with E-state index in [1.54, 1.807) is 0 Å². The first-order chi connectivity index (χ1) is 8.41. The lowest BCUT2D eigenvalue weighted by molar-refractivity contribution is 0.0703. The van der Waals surface area contributed by atoms with Crippen LogP contribution in [0.5, 0.6) is 0 Å². The van der Waals surface area contributed by atoms with E-state index >= 15 is 0 Å². The van der Waals surface area contributed by atoms with E-state index in [0.717, 1.165) is 26.0 Å². The van der Waals surface area contributed by atoms with Crippen molar-refractivity contribution < 1.29 is 9.90 Å². The Labute approximate surface area is 117 Å². The van der Waals surface area contributed by atoms with Crippen molar-refractivity contribution in [1.29, 1.82) is 0 Å². The molecule has 1 heterocycles. The molecule has 5 heteroatoms. The Morgan fingerprint density at radius 3 is 2.61 bits per heavy atom. The van der Waals surface area contributed by atoms with E-state index in [-0.39, 0.29) is 4.88 Å². The molecule has 0 fully saturated rings. The van der Waals surface area contributed by atoms with Gasteiger partial charge in [0.1, 0.15) is 4.88 Å². The number of hydrogen-bond donors (Lipinski definition) is 2. The topological polar surface area (TPSA) is 63.3 Å². The van der Waals surface area contributed by atoms with Gasteiger partial charge in [0.05, 0.1) is 5.69 Å². The monoisotopic (exact) mass is 325 g/mol. The van der Waals surface area contributed by atoms with Gasteiger partial charge in [0.2, 0.25) is 0 Å². The summed E-state index contributed by atoms with van der Waals surface area (Å²) in [7, 11) is 0. The fraction of sp³-hybridized carbons (Fsp3) is 0.154. The molecule has 0 saturated heterocycles. The Kier molecular flexibility index (Phi) is 3.45. The first-order valence-corrected chi connectivity index (χ1v) is 6.91. The highest BCUT2D eigenvalue weighted by Gasteiger charge is 2.19. The molecule has 0 aliphatic rings. The Balaban J connectivity index is 2.68. The van der Waals surface area contributed by atoms with Gasteiger partial charge >= 0.3 is 5.97 Å². The largest absolute Gasteiger partial charge is 0.477 e. The van der Waals surface area contributed by atoms with E-state index in [1.165, 1.54) is 11.3 Å². The van der Waals surface area contributed by atoms with Gasteiger partial charge in [-0.15, -0.1) is 11.3 Å². The first-order valence-electron chi connectivity index (χ1n) is 5.30. The number of hydrogen-bond acceptors (Lipinski definition) is 3. The molecule has 0 amide bonds. The van der Waals surface area contributed by atoms with E-state index < -0.39 is 5.97 Å². The molecule has 0 saturated carbocycles. The van der Waals surface area contributed by atoms with Gasteiger partial charge in [-0.05, 0) is 42.7 Å². The number of thiophene rings is 1. The lowest BCUT2D eigenvalue weighted by Crippen LogP contribution is -1.97. The molecule has 0 spiro atoms. The van der Waals surface area contributed by atoms with E-state index in [1.807, 2.05) is 32.0 Å². The summed E-state index contributed by atoms with van der Waals surface area (Å²) in [6.45, 7) is 3.85. The van der Waals surface area contributed by atoms with Gasteiger partial charge < -0.3 is 10.8 Å². The van der Waals surface area contributed by atoms with Crippen molar-refractivity contribution in [3.05, 3.63) is 38.7 Å². The van der Waals surface area contributed by atoms with Crippen LogP contribution in [0.1, 0.15) is 20.8 Å².